The van der Waals surface area contributed by atoms with Crippen molar-refractivity contribution in [2.24, 2.45) is 0 Å². The van der Waals surface area contributed by atoms with Gasteiger partial charge in [0.1, 0.15) is 0 Å². The Bertz CT molecular complexity index is 3750. The minimum absolute atomic E-state index is 0.131. The van der Waals surface area contributed by atoms with Crippen LogP contribution < -0.4 is 28.4 Å². The fourth-order valence-electron chi connectivity index (χ4n) is 10.3. The molecule has 5 heterocycles. The number of carboxylic acid groups (broad SMARTS) is 2. The summed E-state index contributed by atoms with van der Waals surface area (Å²) in [7, 11) is 9.31. The number of benzene rings is 6. The summed E-state index contributed by atoms with van der Waals surface area (Å²) in [6, 6.07) is 37.1. The zero-order valence-corrected chi connectivity index (χ0v) is 40.9. The monoisotopic (exact) mass is 982 g/mol. The molecule has 0 fully saturated rings. The highest BCUT2D eigenvalue weighted by molar-refractivity contribution is 6.14. The zero-order chi connectivity index (χ0) is 51.4. The lowest BCUT2D eigenvalue weighted by molar-refractivity contribution is 0.0688. The predicted octanol–water partition coefficient (Wildman–Crippen LogP) is 13.1. The molecule has 11 rings (SSSR count). The third kappa shape index (κ3) is 7.67. The van der Waals surface area contributed by atoms with Gasteiger partial charge in [0.05, 0.1) is 76.6 Å². The van der Waals surface area contributed by atoms with Crippen molar-refractivity contribution in [2.75, 3.05) is 42.7 Å². The van der Waals surface area contributed by atoms with Crippen LogP contribution in [0.2, 0.25) is 0 Å². The Morgan fingerprint density at radius 3 is 1.03 bits per heavy atom. The molecule has 8 bridgehead atoms. The minimum Gasteiger partial charge on any atom is -0.493 e. The molecule has 366 valence electrons. The number of aromatic nitrogens is 4. The lowest BCUT2D eigenvalue weighted by Crippen LogP contribution is -1.99. The SMILES string of the molecule is COc1cc(-c2c3nc(c(-c4cccc5cccc(C(=O)O)c45)c4ccc([nH]4)c(-c4cc(OC)c(OC)c(OC)c4)c4nc(c(-c5cccc6cccc(C(=O)O)c56)c5ccc2[nH]5)C=C4)C=C3)cc(OC)c1OC. The minimum atomic E-state index is -1.07. The van der Waals surface area contributed by atoms with Gasteiger partial charge in [-0.05, 0) is 118 Å². The molecule has 2 aliphatic rings. The number of carboxylic acids is 2. The second-order valence-corrected chi connectivity index (χ2v) is 17.4. The van der Waals surface area contributed by atoms with E-state index in [0.29, 0.717) is 135 Å². The van der Waals surface area contributed by atoms with Crippen LogP contribution in [0.15, 0.2) is 121 Å². The van der Waals surface area contributed by atoms with Crippen molar-refractivity contribution in [1.29, 1.82) is 0 Å². The molecule has 0 unspecified atom stereocenters. The number of nitrogens with one attached hydrogen (secondary N) is 2. The van der Waals surface area contributed by atoms with E-state index < -0.39 is 11.9 Å². The molecule has 0 saturated heterocycles. The van der Waals surface area contributed by atoms with Gasteiger partial charge < -0.3 is 48.6 Å². The molecule has 0 radical (unpaired) electrons. The molecule has 14 heteroatoms. The summed E-state index contributed by atoms with van der Waals surface area (Å²) in [6.45, 7) is 0. The number of aromatic carboxylic acids is 2. The van der Waals surface area contributed by atoms with Crippen LogP contribution >= 0.6 is 0 Å². The van der Waals surface area contributed by atoms with Crippen molar-refractivity contribution in [3.05, 3.63) is 155 Å². The molecule has 9 aromatic rings. The highest BCUT2D eigenvalue weighted by Crippen LogP contribution is 2.47. The molecule has 0 amide bonds. The second kappa shape index (κ2) is 18.7. The van der Waals surface area contributed by atoms with Crippen molar-refractivity contribution in [3.8, 4) is 79.0 Å². The van der Waals surface area contributed by atoms with Gasteiger partial charge in [-0.15, -0.1) is 0 Å². The summed E-state index contributed by atoms with van der Waals surface area (Å²) in [5.41, 5.74) is 10.1. The highest BCUT2D eigenvalue weighted by atomic mass is 16.5. The molecular weight excluding hydrogens is 937 g/mol. The lowest BCUT2D eigenvalue weighted by Gasteiger charge is -2.15. The number of nitrogens with zero attached hydrogens (tertiary/aromatic N) is 2. The van der Waals surface area contributed by atoms with Crippen LogP contribution in [0.1, 0.15) is 43.5 Å². The Labute approximate surface area is 423 Å². The first-order valence-corrected chi connectivity index (χ1v) is 23.4. The standard InChI is InChI=1S/C60H46N4O10/c1-69-47-27-33(28-48(70-2)57(47)73-5)53-39-19-23-43(61-39)55(35-15-7-11-31-13-9-17-37(51(31)35)59(65)66)45-25-21-41(63-45)54(34-29-49(71-3)58(74-6)50(30-34)72-4)42-22-26-46(64-42)56(44-24-20-40(53)62-44)36-16-8-12-32-14-10-18-38(52(32)36)60(67)68/h7-30,61,64H,1-6H3,(H,65,66)(H,67,68). The molecule has 0 atom stereocenters. The normalized spacial score (nSPS) is 11.8. The molecule has 6 aromatic carbocycles. The molecule has 0 saturated carbocycles. The second-order valence-electron chi connectivity index (χ2n) is 17.4. The fraction of sp³-hybridized carbons (Fsp3) is 0.100. The maximum Gasteiger partial charge on any atom is 0.336 e. The van der Waals surface area contributed by atoms with E-state index in [1.807, 2.05) is 121 Å². The summed E-state index contributed by atoms with van der Waals surface area (Å²) in [4.78, 5) is 44.5. The van der Waals surface area contributed by atoms with Crippen LogP contribution in [0.3, 0.4) is 0 Å². The highest BCUT2D eigenvalue weighted by Gasteiger charge is 2.25. The van der Waals surface area contributed by atoms with Gasteiger partial charge in [-0.25, -0.2) is 19.6 Å². The number of rotatable bonds is 12. The number of H-pyrrole nitrogens is 2. The van der Waals surface area contributed by atoms with Gasteiger partial charge in [0.25, 0.3) is 0 Å². The first-order chi connectivity index (χ1) is 36.1. The first kappa shape index (κ1) is 46.6. The van der Waals surface area contributed by atoms with Crippen LogP contribution in [0, 0.1) is 0 Å². The van der Waals surface area contributed by atoms with Gasteiger partial charge in [0, 0.05) is 55.1 Å². The summed E-state index contributed by atoms with van der Waals surface area (Å²) in [5.74, 6) is 0.327. The Kier molecular flexibility index (Phi) is 11.8. The van der Waals surface area contributed by atoms with E-state index in [1.165, 1.54) is 0 Å². The number of methoxy groups -OCH3 is 6. The van der Waals surface area contributed by atoms with Gasteiger partial charge in [0.2, 0.25) is 11.5 Å². The first-order valence-electron chi connectivity index (χ1n) is 23.4. The topological polar surface area (TPSA) is 187 Å². The molecule has 74 heavy (non-hydrogen) atoms. The van der Waals surface area contributed by atoms with E-state index in [2.05, 4.69) is 9.97 Å². The number of hydrogen-bond acceptors (Lipinski definition) is 10. The number of carbonyl (C=O) groups is 2. The number of fused-ring (bicyclic) bond motifs is 10. The van der Waals surface area contributed by atoms with Crippen LogP contribution in [0.5, 0.6) is 34.5 Å². The van der Waals surface area contributed by atoms with Gasteiger partial charge in [-0.3, -0.25) is 0 Å². The quantitative estimate of drug-likeness (QED) is 0.0908. The number of ether oxygens (including phenoxy) is 6. The van der Waals surface area contributed by atoms with Crippen LogP contribution in [0.4, 0.5) is 0 Å². The summed E-state index contributed by atoms with van der Waals surface area (Å²) in [6.07, 6.45) is 7.68. The average Bonchev–Trinajstić information content (AvgIpc) is 4.28. The van der Waals surface area contributed by atoms with E-state index in [9.17, 15) is 19.8 Å². The van der Waals surface area contributed by atoms with Crippen LogP contribution in [0.25, 0.3) is 112 Å². The maximum absolute atomic E-state index is 13.0. The van der Waals surface area contributed by atoms with Crippen molar-refractivity contribution in [2.45, 2.75) is 0 Å². The van der Waals surface area contributed by atoms with Gasteiger partial charge >= 0.3 is 11.9 Å². The number of aromatic amines is 2. The third-order valence-corrected chi connectivity index (χ3v) is 13.5. The van der Waals surface area contributed by atoms with Crippen molar-refractivity contribution < 1.29 is 48.2 Å². The molecule has 0 spiro atoms. The lowest BCUT2D eigenvalue weighted by atomic mass is 9.93. The molecule has 2 aliphatic heterocycles. The molecular formula is C60H46N4O10. The third-order valence-electron chi connectivity index (χ3n) is 13.5. The van der Waals surface area contributed by atoms with E-state index in [4.69, 9.17) is 38.4 Å². The van der Waals surface area contributed by atoms with Gasteiger partial charge in [-0.2, -0.15) is 0 Å². The molecule has 4 N–H and O–H groups in total. The Morgan fingerprint density at radius 2 is 0.716 bits per heavy atom. The molecule has 3 aromatic heterocycles. The van der Waals surface area contributed by atoms with E-state index in [-0.39, 0.29) is 11.1 Å². The average molecular weight is 983 g/mol. The van der Waals surface area contributed by atoms with E-state index in [1.54, 1.807) is 66.9 Å². The fourth-order valence-corrected chi connectivity index (χ4v) is 10.3. The van der Waals surface area contributed by atoms with E-state index in [0.717, 1.165) is 10.8 Å². The summed E-state index contributed by atoms with van der Waals surface area (Å²) < 4.78 is 35.1. The summed E-state index contributed by atoms with van der Waals surface area (Å²) >= 11 is 0. The smallest absolute Gasteiger partial charge is 0.336 e. The Morgan fingerprint density at radius 1 is 0.405 bits per heavy atom. The Balaban J connectivity index is 1.37. The molecule has 14 nitrogen and oxygen atoms in total. The largest absolute Gasteiger partial charge is 0.493 e. The van der Waals surface area contributed by atoms with E-state index >= 15 is 0 Å². The van der Waals surface area contributed by atoms with Gasteiger partial charge in [0.15, 0.2) is 23.0 Å². The van der Waals surface area contributed by atoms with Crippen molar-refractivity contribution in [1.82, 2.24) is 19.9 Å². The maximum atomic E-state index is 13.0. The Hall–Kier alpha value is -9.82. The predicted molar refractivity (Wildman–Crippen MR) is 289 cm³/mol. The zero-order valence-electron chi connectivity index (χ0n) is 40.9. The van der Waals surface area contributed by atoms with Crippen molar-refractivity contribution in [3.63, 3.8) is 0 Å². The molecule has 0 aliphatic carbocycles. The number of hydrogen-bond donors (Lipinski definition) is 4. The van der Waals surface area contributed by atoms with Crippen LogP contribution in [-0.4, -0.2) is 84.7 Å². The van der Waals surface area contributed by atoms with Gasteiger partial charge in [-0.1, -0.05) is 60.7 Å². The van der Waals surface area contributed by atoms with Crippen LogP contribution in [-0.2, 0) is 0 Å². The summed E-state index contributed by atoms with van der Waals surface area (Å²) in [5, 5.41) is 23.9. The van der Waals surface area contributed by atoms with Crippen molar-refractivity contribution >= 4 is 79.9 Å².